The molecule has 4 atom stereocenters. The molecule has 0 radical (unpaired) electrons. The van der Waals surface area contributed by atoms with E-state index >= 15 is 0 Å². The molecule has 0 amide bonds. The fourth-order valence-corrected chi connectivity index (χ4v) is 4.05. The molecule has 4 rings (SSSR count). The van der Waals surface area contributed by atoms with Crippen LogP contribution in [0.3, 0.4) is 0 Å². The van der Waals surface area contributed by atoms with Crippen molar-refractivity contribution < 1.29 is 0 Å². The quantitative estimate of drug-likeness (QED) is 0.881. The summed E-state index contributed by atoms with van der Waals surface area (Å²) in [6, 6.07) is 22.8. The molecular formula is C19H22N2. The number of nitrogens with one attached hydrogen (secondary N) is 2. The van der Waals surface area contributed by atoms with Crippen molar-refractivity contribution in [3.05, 3.63) is 71.8 Å². The Morgan fingerprint density at radius 2 is 1.05 bits per heavy atom. The average Bonchev–Trinajstić information content (AvgIpc) is 2.57. The van der Waals surface area contributed by atoms with Gasteiger partial charge >= 0.3 is 0 Å². The van der Waals surface area contributed by atoms with Gasteiger partial charge in [0.25, 0.3) is 0 Å². The van der Waals surface area contributed by atoms with Crippen LogP contribution in [0.2, 0.25) is 0 Å². The first-order valence-electron chi connectivity index (χ1n) is 7.98. The summed E-state index contributed by atoms with van der Waals surface area (Å²) in [7, 11) is 0. The Kier molecular flexibility index (Phi) is 3.50. The number of hydrogen-bond donors (Lipinski definition) is 2. The highest BCUT2D eigenvalue weighted by molar-refractivity contribution is 5.24. The second kappa shape index (κ2) is 5.63. The predicted octanol–water partition coefficient (Wildman–Crippen LogP) is 3.30. The van der Waals surface area contributed by atoms with Crippen molar-refractivity contribution in [2.75, 3.05) is 13.1 Å². The van der Waals surface area contributed by atoms with E-state index in [1.54, 1.807) is 0 Å². The van der Waals surface area contributed by atoms with E-state index in [2.05, 4.69) is 71.3 Å². The number of benzene rings is 2. The lowest BCUT2D eigenvalue weighted by molar-refractivity contribution is 0.128. The van der Waals surface area contributed by atoms with E-state index in [0.717, 1.165) is 13.1 Å². The van der Waals surface area contributed by atoms with Gasteiger partial charge in [-0.2, -0.15) is 0 Å². The molecule has 2 nitrogen and oxygen atoms in total. The molecule has 2 bridgehead atoms. The molecule has 2 heteroatoms. The molecule has 0 saturated carbocycles. The van der Waals surface area contributed by atoms with E-state index in [0.29, 0.717) is 23.9 Å². The predicted molar refractivity (Wildman–Crippen MR) is 86.0 cm³/mol. The van der Waals surface area contributed by atoms with Crippen molar-refractivity contribution in [2.24, 2.45) is 11.8 Å². The minimum Gasteiger partial charge on any atom is -0.309 e. The molecule has 0 aliphatic carbocycles. The van der Waals surface area contributed by atoms with Crippen LogP contribution in [0.25, 0.3) is 0 Å². The Morgan fingerprint density at radius 3 is 1.48 bits per heavy atom. The minimum absolute atomic E-state index is 0.506. The molecule has 2 fully saturated rings. The van der Waals surface area contributed by atoms with Gasteiger partial charge in [0.1, 0.15) is 0 Å². The van der Waals surface area contributed by atoms with Crippen LogP contribution in [-0.2, 0) is 0 Å². The first-order valence-corrected chi connectivity index (χ1v) is 7.98. The van der Waals surface area contributed by atoms with Crippen LogP contribution in [0.15, 0.2) is 60.7 Å². The zero-order chi connectivity index (χ0) is 14.1. The van der Waals surface area contributed by atoms with Crippen molar-refractivity contribution in [1.29, 1.82) is 0 Å². The molecule has 2 unspecified atom stereocenters. The lowest BCUT2D eigenvalue weighted by atomic mass is 9.74. The lowest BCUT2D eigenvalue weighted by Gasteiger charge is -2.46. The average molecular weight is 278 g/mol. The highest BCUT2D eigenvalue weighted by atomic mass is 15.0. The molecule has 2 aliphatic heterocycles. The summed E-state index contributed by atoms with van der Waals surface area (Å²) in [4.78, 5) is 0. The highest BCUT2D eigenvalue weighted by Gasteiger charge is 2.39. The molecule has 21 heavy (non-hydrogen) atoms. The van der Waals surface area contributed by atoms with Gasteiger partial charge < -0.3 is 10.6 Å². The van der Waals surface area contributed by atoms with E-state index in [1.165, 1.54) is 17.5 Å². The van der Waals surface area contributed by atoms with Gasteiger partial charge in [-0.25, -0.2) is 0 Å². The van der Waals surface area contributed by atoms with Crippen molar-refractivity contribution in [2.45, 2.75) is 18.5 Å². The summed E-state index contributed by atoms with van der Waals surface area (Å²) in [6.45, 7) is 2.20. The molecular weight excluding hydrogens is 256 g/mol. The molecule has 0 spiro atoms. The number of fused-ring (bicyclic) bond motifs is 2. The van der Waals surface area contributed by atoms with Gasteiger partial charge in [0.05, 0.1) is 0 Å². The summed E-state index contributed by atoms with van der Waals surface area (Å²) in [5.41, 5.74) is 2.86. The van der Waals surface area contributed by atoms with E-state index in [4.69, 9.17) is 0 Å². The fraction of sp³-hybridized carbons (Fsp3) is 0.368. The third kappa shape index (κ3) is 2.50. The van der Waals surface area contributed by atoms with Crippen LogP contribution in [0.1, 0.15) is 29.6 Å². The Morgan fingerprint density at radius 1 is 0.619 bits per heavy atom. The molecule has 2 aromatic rings. The molecule has 0 aromatic heterocycles. The van der Waals surface area contributed by atoms with E-state index in [-0.39, 0.29) is 0 Å². The Balaban J connectivity index is 1.52. The van der Waals surface area contributed by atoms with Crippen molar-refractivity contribution in [3.8, 4) is 0 Å². The van der Waals surface area contributed by atoms with Gasteiger partial charge in [-0.1, -0.05) is 60.7 Å². The van der Waals surface area contributed by atoms with E-state index in [1.807, 2.05) is 0 Å². The summed E-state index contributed by atoms with van der Waals surface area (Å²) in [6.07, 6.45) is 1.32. The normalized spacial score (nSPS) is 31.8. The standard InChI is InChI=1S/C19H22N2/c1-3-7-14(8-4-1)18-16-11-17(13-20-18)19(21-12-16)15-9-5-2-6-10-15/h1-10,16-21H,11-13H2/t16-,17?,18-,19?/m0/s1. The number of piperidine rings is 2. The monoisotopic (exact) mass is 278 g/mol. The maximum atomic E-state index is 3.80. The van der Waals surface area contributed by atoms with Crippen molar-refractivity contribution in [3.63, 3.8) is 0 Å². The number of rotatable bonds is 2. The maximum absolute atomic E-state index is 3.80. The Hall–Kier alpha value is -1.64. The molecule has 2 saturated heterocycles. The minimum atomic E-state index is 0.506. The van der Waals surface area contributed by atoms with Gasteiger partial charge in [-0.05, 0) is 29.4 Å². The fourth-order valence-electron chi connectivity index (χ4n) is 4.05. The van der Waals surface area contributed by atoms with Crippen LogP contribution in [0.4, 0.5) is 0 Å². The summed E-state index contributed by atoms with van der Waals surface area (Å²) < 4.78 is 0. The zero-order valence-corrected chi connectivity index (χ0v) is 12.2. The van der Waals surface area contributed by atoms with Crippen LogP contribution < -0.4 is 10.6 Å². The van der Waals surface area contributed by atoms with Crippen molar-refractivity contribution >= 4 is 0 Å². The first kappa shape index (κ1) is 13.1. The highest BCUT2D eigenvalue weighted by Crippen LogP contribution is 2.40. The summed E-state index contributed by atoms with van der Waals surface area (Å²) in [5, 5.41) is 7.59. The second-order valence-corrected chi connectivity index (χ2v) is 6.35. The van der Waals surface area contributed by atoms with Gasteiger partial charge in [0.15, 0.2) is 0 Å². The topological polar surface area (TPSA) is 24.1 Å². The van der Waals surface area contributed by atoms with Crippen LogP contribution in [0, 0.1) is 11.8 Å². The largest absolute Gasteiger partial charge is 0.309 e. The molecule has 2 aromatic carbocycles. The Labute approximate surface area is 126 Å². The smallest absolute Gasteiger partial charge is 0.0361 e. The van der Waals surface area contributed by atoms with Crippen molar-refractivity contribution in [1.82, 2.24) is 10.6 Å². The third-order valence-electron chi connectivity index (χ3n) is 5.07. The third-order valence-corrected chi connectivity index (χ3v) is 5.07. The molecule has 2 heterocycles. The zero-order valence-electron chi connectivity index (χ0n) is 12.2. The SMILES string of the molecule is c1ccc(C2NC[C@@H]3CC2CN[C@H]3c2ccccc2)cc1. The van der Waals surface area contributed by atoms with E-state index in [9.17, 15) is 0 Å². The maximum Gasteiger partial charge on any atom is 0.0361 e. The van der Waals surface area contributed by atoms with Gasteiger partial charge in [0.2, 0.25) is 0 Å². The first-order chi connectivity index (χ1) is 10.4. The Bertz CT molecular complexity index is 528. The molecule has 2 N–H and O–H groups in total. The van der Waals surface area contributed by atoms with Crippen LogP contribution >= 0.6 is 0 Å². The summed E-state index contributed by atoms with van der Waals surface area (Å²) >= 11 is 0. The van der Waals surface area contributed by atoms with Gasteiger partial charge in [-0.3, -0.25) is 0 Å². The van der Waals surface area contributed by atoms with Crippen LogP contribution in [0.5, 0.6) is 0 Å². The summed E-state index contributed by atoms with van der Waals surface area (Å²) in [5.74, 6) is 1.40. The van der Waals surface area contributed by atoms with Gasteiger partial charge in [-0.15, -0.1) is 0 Å². The molecule has 2 aliphatic rings. The van der Waals surface area contributed by atoms with Crippen LogP contribution in [-0.4, -0.2) is 13.1 Å². The van der Waals surface area contributed by atoms with Gasteiger partial charge in [0, 0.05) is 25.2 Å². The molecule has 108 valence electrons. The lowest BCUT2D eigenvalue weighted by Crippen LogP contribution is -2.52. The number of hydrogen-bond acceptors (Lipinski definition) is 2. The second-order valence-electron chi connectivity index (χ2n) is 6.35. The van der Waals surface area contributed by atoms with E-state index < -0.39 is 0 Å².